The SMILES string of the molecule is Cc1ccc2c(Cl)cc(Cl)c(OC(=O)COc3ccccc3C#N)c2n1. The number of aryl methyl sites for hydroxylation is 1. The van der Waals surface area contributed by atoms with Gasteiger partial charge in [0, 0.05) is 11.1 Å². The van der Waals surface area contributed by atoms with E-state index in [1.165, 1.54) is 6.07 Å². The highest BCUT2D eigenvalue weighted by Gasteiger charge is 2.17. The highest BCUT2D eigenvalue weighted by atomic mass is 35.5. The van der Waals surface area contributed by atoms with Crippen LogP contribution in [0.1, 0.15) is 11.3 Å². The number of hydrogen-bond acceptors (Lipinski definition) is 5. The predicted molar refractivity (Wildman–Crippen MR) is 98.8 cm³/mol. The quantitative estimate of drug-likeness (QED) is 0.479. The van der Waals surface area contributed by atoms with Gasteiger partial charge in [0.05, 0.1) is 15.6 Å². The lowest BCUT2D eigenvalue weighted by Crippen LogP contribution is -2.18. The van der Waals surface area contributed by atoms with Crippen molar-refractivity contribution in [3.05, 3.63) is 63.8 Å². The van der Waals surface area contributed by atoms with Gasteiger partial charge in [0.1, 0.15) is 17.3 Å². The lowest BCUT2D eigenvalue weighted by molar-refractivity contribution is -0.136. The van der Waals surface area contributed by atoms with Gasteiger partial charge in [0.25, 0.3) is 0 Å². The number of ether oxygens (including phenoxy) is 2. The standard InChI is InChI=1S/C19H12Cl2N2O3/c1-11-6-7-13-14(20)8-15(21)19(18(13)23-11)26-17(24)10-25-16-5-3-2-4-12(16)9-22/h2-8H,10H2,1H3. The zero-order valence-corrected chi connectivity index (χ0v) is 15.1. The molecule has 1 heterocycles. The van der Waals surface area contributed by atoms with Gasteiger partial charge in [-0.1, -0.05) is 35.3 Å². The molecule has 0 aliphatic rings. The van der Waals surface area contributed by atoms with Crippen LogP contribution in [0.2, 0.25) is 10.0 Å². The first kappa shape index (κ1) is 18.0. The second-order valence-electron chi connectivity index (χ2n) is 5.39. The van der Waals surface area contributed by atoms with Gasteiger partial charge in [-0.3, -0.25) is 0 Å². The number of para-hydroxylation sites is 1. The molecule has 0 aliphatic carbocycles. The Labute approximate surface area is 159 Å². The topological polar surface area (TPSA) is 72.2 Å². The Hall–Kier alpha value is -2.81. The fraction of sp³-hybridized carbons (Fsp3) is 0.105. The molecule has 2 aromatic carbocycles. The fourth-order valence-electron chi connectivity index (χ4n) is 2.35. The van der Waals surface area contributed by atoms with Crippen LogP contribution in [0.3, 0.4) is 0 Å². The van der Waals surface area contributed by atoms with Crippen LogP contribution < -0.4 is 9.47 Å². The molecule has 3 aromatic rings. The molecule has 0 spiro atoms. The summed E-state index contributed by atoms with van der Waals surface area (Å²) in [6.07, 6.45) is 0. The zero-order chi connectivity index (χ0) is 18.7. The minimum absolute atomic E-state index is 0.122. The second-order valence-corrected chi connectivity index (χ2v) is 6.20. The summed E-state index contributed by atoms with van der Waals surface area (Å²) in [6, 6.07) is 13.7. The van der Waals surface area contributed by atoms with Crippen molar-refractivity contribution in [2.45, 2.75) is 6.92 Å². The van der Waals surface area contributed by atoms with Gasteiger partial charge in [-0.15, -0.1) is 0 Å². The molecule has 0 amide bonds. The predicted octanol–water partition coefficient (Wildman–Crippen LogP) is 4.71. The van der Waals surface area contributed by atoms with Crippen molar-refractivity contribution in [1.82, 2.24) is 4.98 Å². The summed E-state index contributed by atoms with van der Waals surface area (Å²) in [6.45, 7) is 1.42. The second kappa shape index (κ2) is 7.61. The number of aromatic nitrogens is 1. The lowest BCUT2D eigenvalue weighted by atomic mass is 10.2. The molecule has 26 heavy (non-hydrogen) atoms. The van der Waals surface area contributed by atoms with Crippen LogP contribution in [0.4, 0.5) is 0 Å². The highest BCUT2D eigenvalue weighted by molar-refractivity contribution is 6.39. The van der Waals surface area contributed by atoms with Gasteiger partial charge in [-0.25, -0.2) is 9.78 Å². The molecule has 0 saturated heterocycles. The molecule has 7 heteroatoms. The fourth-order valence-corrected chi connectivity index (χ4v) is 2.91. The van der Waals surface area contributed by atoms with Crippen LogP contribution in [-0.4, -0.2) is 17.6 Å². The molecule has 0 N–H and O–H groups in total. The van der Waals surface area contributed by atoms with E-state index in [1.54, 1.807) is 36.4 Å². The smallest absolute Gasteiger partial charge is 0.349 e. The number of carbonyl (C=O) groups is 1. The van der Waals surface area contributed by atoms with Crippen LogP contribution in [0.5, 0.6) is 11.5 Å². The average Bonchev–Trinajstić information content (AvgIpc) is 2.63. The van der Waals surface area contributed by atoms with Gasteiger partial charge in [-0.05, 0) is 37.3 Å². The molecule has 0 fully saturated rings. The normalized spacial score (nSPS) is 10.4. The van der Waals surface area contributed by atoms with Crippen molar-refractivity contribution < 1.29 is 14.3 Å². The summed E-state index contributed by atoms with van der Waals surface area (Å²) in [5.74, 6) is -0.253. The minimum Gasteiger partial charge on any atom is -0.481 e. The largest absolute Gasteiger partial charge is 0.481 e. The minimum atomic E-state index is -0.674. The Morgan fingerprint density at radius 3 is 2.73 bits per heavy atom. The number of pyridine rings is 1. The monoisotopic (exact) mass is 386 g/mol. The van der Waals surface area contributed by atoms with Crippen molar-refractivity contribution in [3.63, 3.8) is 0 Å². The average molecular weight is 387 g/mol. The molecule has 0 saturated carbocycles. The van der Waals surface area contributed by atoms with E-state index in [0.29, 0.717) is 27.2 Å². The highest BCUT2D eigenvalue weighted by Crippen LogP contribution is 2.37. The van der Waals surface area contributed by atoms with E-state index in [2.05, 4.69) is 4.98 Å². The number of hydrogen-bond donors (Lipinski definition) is 0. The van der Waals surface area contributed by atoms with E-state index in [4.69, 9.17) is 37.9 Å². The van der Waals surface area contributed by atoms with Gasteiger partial charge >= 0.3 is 5.97 Å². The number of carbonyl (C=O) groups excluding carboxylic acids is 1. The summed E-state index contributed by atoms with van der Waals surface area (Å²) in [7, 11) is 0. The first-order valence-corrected chi connectivity index (χ1v) is 8.33. The summed E-state index contributed by atoms with van der Waals surface area (Å²) in [5, 5.41) is 10.3. The van der Waals surface area contributed by atoms with Gasteiger partial charge in [0.15, 0.2) is 12.4 Å². The number of nitriles is 1. The lowest BCUT2D eigenvalue weighted by Gasteiger charge is -2.12. The molecule has 0 atom stereocenters. The number of fused-ring (bicyclic) bond motifs is 1. The maximum Gasteiger partial charge on any atom is 0.349 e. The van der Waals surface area contributed by atoms with Crippen molar-refractivity contribution in [1.29, 1.82) is 5.26 Å². The molecule has 5 nitrogen and oxygen atoms in total. The number of halogens is 2. The first-order valence-electron chi connectivity index (χ1n) is 7.57. The van der Waals surface area contributed by atoms with Crippen LogP contribution >= 0.6 is 23.2 Å². The number of rotatable bonds is 4. The molecular weight excluding hydrogens is 375 g/mol. The third-order valence-corrected chi connectivity index (χ3v) is 4.14. The van der Waals surface area contributed by atoms with Crippen molar-refractivity contribution >= 4 is 40.1 Å². The van der Waals surface area contributed by atoms with Crippen LogP contribution in [0, 0.1) is 18.3 Å². The zero-order valence-electron chi connectivity index (χ0n) is 13.6. The third-order valence-electron chi connectivity index (χ3n) is 3.55. The van der Waals surface area contributed by atoms with Gasteiger partial charge in [0.2, 0.25) is 0 Å². The number of esters is 1. The molecule has 0 unspecified atom stereocenters. The van der Waals surface area contributed by atoms with E-state index >= 15 is 0 Å². The van der Waals surface area contributed by atoms with E-state index in [-0.39, 0.29) is 17.4 Å². The summed E-state index contributed by atoms with van der Waals surface area (Å²) in [5.41, 5.74) is 1.45. The summed E-state index contributed by atoms with van der Waals surface area (Å²) < 4.78 is 10.7. The molecule has 0 bridgehead atoms. The van der Waals surface area contributed by atoms with Crippen molar-refractivity contribution in [2.75, 3.05) is 6.61 Å². The van der Waals surface area contributed by atoms with Gasteiger partial charge in [-0.2, -0.15) is 5.26 Å². The number of nitrogens with zero attached hydrogens (tertiary/aromatic N) is 2. The molecule has 3 rings (SSSR count). The Bertz CT molecular complexity index is 1040. The van der Waals surface area contributed by atoms with Crippen molar-refractivity contribution in [3.8, 4) is 17.6 Å². The Kier molecular flexibility index (Phi) is 5.27. The molecule has 130 valence electrons. The molecule has 1 aromatic heterocycles. The summed E-state index contributed by atoms with van der Waals surface area (Å²) >= 11 is 12.4. The number of benzene rings is 2. The Balaban J connectivity index is 1.84. The maximum atomic E-state index is 12.2. The summed E-state index contributed by atoms with van der Waals surface area (Å²) in [4.78, 5) is 16.6. The van der Waals surface area contributed by atoms with E-state index < -0.39 is 5.97 Å². The maximum absolute atomic E-state index is 12.2. The van der Waals surface area contributed by atoms with E-state index in [9.17, 15) is 4.79 Å². The van der Waals surface area contributed by atoms with E-state index in [0.717, 1.165) is 5.69 Å². The van der Waals surface area contributed by atoms with E-state index in [1.807, 2.05) is 13.0 Å². The van der Waals surface area contributed by atoms with Gasteiger partial charge < -0.3 is 9.47 Å². The molecule has 0 radical (unpaired) electrons. The Morgan fingerprint density at radius 1 is 1.19 bits per heavy atom. The van der Waals surface area contributed by atoms with Crippen LogP contribution in [-0.2, 0) is 4.79 Å². The third kappa shape index (κ3) is 3.72. The van der Waals surface area contributed by atoms with Crippen molar-refractivity contribution in [2.24, 2.45) is 0 Å². The first-order chi connectivity index (χ1) is 12.5. The Morgan fingerprint density at radius 2 is 1.96 bits per heavy atom. The van der Waals surface area contributed by atoms with Crippen LogP contribution in [0.25, 0.3) is 10.9 Å². The molecule has 0 aliphatic heterocycles. The van der Waals surface area contributed by atoms with Crippen LogP contribution in [0.15, 0.2) is 42.5 Å². The molecular formula is C19H12Cl2N2O3.